The van der Waals surface area contributed by atoms with Gasteiger partial charge in [-0.1, -0.05) is 19.1 Å². The van der Waals surface area contributed by atoms with E-state index >= 15 is 0 Å². The molecule has 0 aromatic heterocycles. The highest BCUT2D eigenvalue weighted by molar-refractivity contribution is 5.72. The van der Waals surface area contributed by atoms with Crippen molar-refractivity contribution in [2.45, 2.75) is 33.6 Å². The molecule has 16 heavy (non-hydrogen) atoms. The van der Waals surface area contributed by atoms with E-state index in [1.165, 1.54) is 0 Å². The number of carboxylic acids is 1. The average molecular weight is 222 g/mol. The zero-order valence-corrected chi connectivity index (χ0v) is 10.0. The first kappa shape index (κ1) is 12.6. The Kier molecular flexibility index (Phi) is 4.35. The minimum Gasteiger partial charge on any atom is -0.493 e. The van der Waals surface area contributed by atoms with Crippen LogP contribution in [0.15, 0.2) is 12.1 Å². The fourth-order valence-corrected chi connectivity index (χ4v) is 1.62. The van der Waals surface area contributed by atoms with E-state index in [2.05, 4.69) is 0 Å². The Balaban J connectivity index is 3.09. The molecule has 0 unspecified atom stereocenters. The Morgan fingerprint density at radius 1 is 1.31 bits per heavy atom. The minimum atomic E-state index is -0.824. The first-order chi connectivity index (χ1) is 7.56. The smallest absolute Gasteiger partial charge is 0.307 e. The second-order valence-corrected chi connectivity index (χ2v) is 3.93. The van der Waals surface area contributed by atoms with Gasteiger partial charge in [-0.3, -0.25) is 4.79 Å². The molecule has 0 saturated carbocycles. The van der Waals surface area contributed by atoms with Crippen molar-refractivity contribution in [2.75, 3.05) is 6.61 Å². The highest BCUT2D eigenvalue weighted by Gasteiger charge is 2.13. The fourth-order valence-electron chi connectivity index (χ4n) is 1.62. The maximum Gasteiger partial charge on any atom is 0.307 e. The fraction of sp³-hybridized carbons (Fsp3) is 0.462. The van der Waals surface area contributed by atoms with Crippen LogP contribution in [0.1, 0.15) is 30.0 Å². The number of hydrogen-bond acceptors (Lipinski definition) is 2. The molecule has 1 rings (SSSR count). The van der Waals surface area contributed by atoms with Gasteiger partial charge in [-0.15, -0.1) is 0 Å². The Morgan fingerprint density at radius 2 is 1.94 bits per heavy atom. The molecular formula is C13H18O3. The summed E-state index contributed by atoms with van der Waals surface area (Å²) in [6.07, 6.45) is 0.937. The zero-order valence-electron chi connectivity index (χ0n) is 10.0. The highest BCUT2D eigenvalue weighted by Crippen LogP contribution is 2.27. The van der Waals surface area contributed by atoms with Crippen molar-refractivity contribution in [3.05, 3.63) is 28.8 Å². The van der Waals surface area contributed by atoms with E-state index in [-0.39, 0.29) is 6.42 Å². The molecular weight excluding hydrogens is 204 g/mol. The van der Waals surface area contributed by atoms with E-state index in [4.69, 9.17) is 9.84 Å². The molecule has 0 heterocycles. The first-order valence-electron chi connectivity index (χ1n) is 5.50. The highest BCUT2D eigenvalue weighted by atomic mass is 16.5. The standard InChI is InChI=1S/C13H18O3/c1-4-7-16-13-10(3)6-5-9(2)11(13)8-12(14)15/h5-6H,4,7-8H2,1-3H3,(H,14,15). The van der Waals surface area contributed by atoms with E-state index < -0.39 is 5.97 Å². The third-order valence-electron chi connectivity index (χ3n) is 2.47. The number of aryl methyl sites for hydroxylation is 2. The molecule has 3 nitrogen and oxygen atoms in total. The molecule has 0 amide bonds. The normalized spacial score (nSPS) is 10.2. The summed E-state index contributed by atoms with van der Waals surface area (Å²) in [6, 6.07) is 3.90. The summed E-state index contributed by atoms with van der Waals surface area (Å²) >= 11 is 0. The molecule has 88 valence electrons. The van der Waals surface area contributed by atoms with Gasteiger partial charge in [-0.25, -0.2) is 0 Å². The van der Waals surface area contributed by atoms with Gasteiger partial charge >= 0.3 is 5.97 Å². The molecule has 0 saturated heterocycles. The molecule has 0 aliphatic heterocycles. The van der Waals surface area contributed by atoms with E-state index in [1.807, 2.05) is 32.9 Å². The van der Waals surface area contributed by atoms with Crippen LogP contribution in [0.25, 0.3) is 0 Å². The van der Waals surface area contributed by atoms with Gasteiger partial charge in [0, 0.05) is 5.56 Å². The molecule has 0 radical (unpaired) electrons. The van der Waals surface area contributed by atoms with Crippen LogP contribution in [-0.2, 0) is 11.2 Å². The van der Waals surface area contributed by atoms with E-state index in [0.717, 1.165) is 28.9 Å². The lowest BCUT2D eigenvalue weighted by molar-refractivity contribution is -0.136. The summed E-state index contributed by atoms with van der Waals surface area (Å²) in [5.41, 5.74) is 2.76. The van der Waals surface area contributed by atoms with Crippen molar-refractivity contribution in [3.63, 3.8) is 0 Å². The van der Waals surface area contributed by atoms with Crippen LogP contribution in [0.4, 0.5) is 0 Å². The summed E-state index contributed by atoms with van der Waals surface area (Å²) in [5.74, 6) is -0.0840. The lowest BCUT2D eigenvalue weighted by atomic mass is 10.0. The molecule has 0 atom stereocenters. The van der Waals surface area contributed by atoms with Crippen molar-refractivity contribution >= 4 is 5.97 Å². The molecule has 1 aromatic rings. The van der Waals surface area contributed by atoms with Crippen molar-refractivity contribution < 1.29 is 14.6 Å². The van der Waals surface area contributed by atoms with E-state index in [1.54, 1.807) is 0 Å². The Bertz CT molecular complexity index is 383. The molecule has 1 N–H and O–H groups in total. The van der Waals surface area contributed by atoms with Gasteiger partial charge in [0.15, 0.2) is 0 Å². The third-order valence-corrected chi connectivity index (χ3v) is 2.47. The second-order valence-electron chi connectivity index (χ2n) is 3.93. The maximum absolute atomic E-state index is 10.8. The number of benzene rings is 1. The van der Waals surface area contributed by atoms with Crippen LogP contribution < -0.4 is 4.74 Å². The lowest BCUT2D eigenvalue weighted by Gasteiger charge is -2.14. The molecule has 0 aliphatic rings. The Morgan fingerprint density at radius 3 is 2.50 bits per heavy atom. The van der Waals surface area contributed by atoms with Gasteiger partial charge in [-0.05, 0) is 31.4 Å². The predicted molar refractivity (Wildman–Crippen MR) is 63.0 cm³/mol. The summed E-state index contributed by atoms with van der Waals surface area (Å²) in [4.78, 5) is 10.8. The zero-order chi connectivity index (χ0) is 12.1. The first-order valence-corrected chi connectivity index (χ1v) is 5.50. The summed E-state index contributed by atoms with van der Waals surface area (Å²) in [7, 11) is 0. The van der Waals surface area contributed by atoms with Crippen LogP contribution in [0, 0.1) is 13.8 Å². The quantitative estimate of drug-likeness (QED) is 0.833. The van der Waals surface area contributed by atoms with Gasteiger partial charge in [-0.2, -0.15) is 0 Å². The number of ether oxygens (including phenoxy) is 1. The van der Waals surface area contributed by atoms with E-state index in [0.29, 0.717) is 6.61 Å². The summed E-state index contributed by atoms with van der Waals surface area (Å²) < 4.78 is 5.64. The van der Waals surface area contributed by atoms with E-state index in [9.17, 15) is 4.79 Å². The van der Waals surface area contributed by atoms with Gasteiger partial charge < -0.3 is 9.84 Å². The Labute approximate surface area is 96.1 Å². The largest absolute Gasteiger partial charge is 0.493 e. The van der Waals surface area contributed by atoms with Crippen LogP contribution >= 0.6 is 0 Å². The maximum atomic E-state index is 10.8. The molecule has 1 aromatic carbocycles. The number of carbonyl (C=O) groups is 1. The molecule has 0 bridgehead atoms. The predicted octanol–water partition coefficient (Wildman–Crippen LogP) is 2.72. The summed E-state index contributed by atoms with van der Waals surface area (Å²) in [6.45, 7) is 6.51. The Hall–Kier alpha value is -1.51. The third kappa shape index (κ3) is 2.99. The lowest BCUT2D eigenvalue weighted by Crippen LogP contribution is -2.07. The van der Waals surface area contributed by atoms with Gasteiger partial charge in [0.05, 0.1) is 13.0 Å². The van der Waals surface area contributed by atoms with Crippen molar-refractivity contribution in [1.29, 1.82) is 0 Å². The number of rotatable bonds is 5. The van der Waals surface area contributed by atoms with Crippen LogP contribution in [-0.4, -0.2) is 17.7 Å². The van der Waals surface area contributed by atoms with Crippen molar-refractivity contribution in [2.24, 2.45) is 0 Å². The van der Waals surface area contributed by atoms with Crippen molar-refractivity contribution in [3.8, 4) is 5.75 Å². The monoisotopic (exact) mass is 222 g/mol. The van der Waals surface area contributed by atoms with Gasteiger partial charge in [0.1, 0.15) is 5.75 Å². The number of hydrogen-bond donors (Lipinski definition) is 1. The number of aliphatic carboxylic acids is 1. The molecule has 3 heteroatoms. The van der Waals surface area contributed by atoms with Crippen LogP contribution in [0.5, 0.6) is 5.75 Å². The molecule has 0 spiro atoms. The van der Waals surface area contributed by atoms with Gasteiger partial charge in [0.2, 0.25) is 0 Å². The molecule has 0 aliphatic carbocycles. The number of carboxylic acid groups (broad SMARTS) is 1. The van der Waals surface area contributed by atoms with Crippen LogP contribution in [0.3, 0.4) is 0 Å². The topological polar surface area (TPSA) is 46.5 Å². The molecule has 0 fully saturated rings. The second kappa shape index (κ2) is 5.54. The SMILES string of the molecule is CCCOc1c(C)ccc(C)c1CC(=O)O. The average Bonchev–Trinajstić information content (AvgIpc) is 2.22. The van der Waals surface area contributed by atoms with Gasteiger partial charge in [0.25, 0.3) is 0 Å². The van der Waals surface area contributed by atoms with Crippen LogP contribution in [0.2, 0.25) is 0 Å². The van der Waals surface area contributed by atoms with Crippen molar-refractivity contribution in [1.82, 2.24) is 0 Å². The summed E-state index contributed by atoms with van der Waals surface area (Å²) in [5, 5.41) is 8.88. The minimum absolute atomic E-state index is 0.0204.